The van der Waals surface area contributed by atoms with Crippen molar-refractivity contribution in [3.8, 4) is 0 Å². The summed E-state index contributed by atoms with van der Waals surface area (Å²) in [5.41, 5.74) is 2.85. The first kappa shape index (κ1) is 19.0. The zero-order valence-corrected chi connectivity index (χ0v) is 16.6. The van der Waals surface area contributed by atoms with Crippen LogP contribution in [-0.2, 0) is 9.59 Å². The number of halogens is 1. The van der Waals surface area contributed by atoms with E-state index >= 15 is 0 Å². The SMILES string of the molecule is Cc1ccc(N2C(=O)CSC2c2ccc(NC(=O)C3CCCC3)cc2)cc1F. The van der Waals surface area contributed by atoms with Crippen LogP contribution in [0.25, 0.3) is 0 Å². The summed E-state index contributed by atoms with van der Waals surface area (Å²) >= 11 is 1.52. The molecule has 1 aliphatic heterocycles. The lowest BCUT2D eigenvalue weighted by atomic mass is 10.1. The summed E-state index contributed by atoms with van der Waals surface area (Å²) < 4.78 is 14.0. The zero-order chi connectivity index (χ0) is 19.7. The van der Waals surface area contributed by atoms with Gasteiger partial charge in [-0.1, -0.05) is 31.0 Å². The van der Waals surface area contributed by atoms with Crippen molar-refractivity contribution in [2.24, 2.45) is 5.92 Å². The van der Waals surface area contributed by atoms with Crippen molar-refractivity contribution >= 4 is 35.0 Å². The number of anilines is 2. The molecule has 1 aliphatic carbocycles. The van der Waals surface area contributed by atoms with Gasteiger partial charge in [0.2, 0.25) is 11.8 Å². The summed E-state index contributed by atoms with van der Waals surface area (Å²) in [6, 6.07) is 12.5. The van der Waals surface area contributed by atoms with Gasteiger partial charge in [-0.2, -0.15) is 0 Å². The van der Waals surface area contributed by atoms with Crippen molar-refractivity contribution < 1.29 is 14.0 Å². The second kappa shape index (κ2) is 7.95. The average molecular weight is 399 g/mol. The molecular formula is C22H23FN2O2S. The van der Waals surface area contributed by atoms with Crippen LogP contribution >= 0.6 is 11.8 Å². The highest BCUT2D eigenvalue weighted by atomic mass is 32.2. The monoisotopic (exact) mass is 398 g/mol. The molecule has 2 aliphatic rings. The molecule has 1 saturated heterocycles. The molecule has 1 unspecified atom stereocenters. The molecule has 28 heavy (non-hydrogen) atoms. The fraction of sp³-hybridized carbons (Fsp3) is 0.364. The molecule has 1 atom stereocenters. The Kier molecular flexibility index (Phi) is 5.40. The minimum atomic E-state index is -0.314. The Morgan fingerprint density at radius 1 is 1.14 bits per heavy atom. The Hall–Kier alpha value is -2.34. The predicted molar refractivity (Wildman–Crippen MR) is 111 cm³/mol. The highest BCUT2D eigenvalue weighted by molar-refractivity contribution is 8.00. The number of aryl methyl sites for hydroxylation is 1. The summed E-state index contributed by atoms with van der Waals surface area (Å²) in [7, 11) is 0. The van der Waals surface area contributed by atoms with Crippen molar-refractivity contribution in [2.75, 3.05) is 16.0 Å². The van der Waals surface area contributed by atoms with E-state index in [0.717, 1.165) is 36.9 Å². The van der Waals surface area contributed by atoms with Crippen LogP contribution in [0.4, 0.5) is 15.8 Å². The van der Waals surface area contributed by atoms with Crippen LogP contribution in [0.15, 0.2) is 42.5 Å². The highest BCUT2D eigenvalue weighted by Gasteiger charge is 2.34. The first-order chi connectivity index (χ1) is 13.5. The molecule has 4 nitrogen and oxygen atoms in total. The highest BCUT2D eigenvalue weighted by Crippen LogP contribution is 2.42. The number of amides is 2. The molecule has 6 heteroatoms. The van der Waals surface area contributed by atoms with Gasteiger partial charge in [-0.25, -0.2) is 4.39 Å². The zero-order valence-electron chi connectivity index (χ0n) is 15.8. The number of hydrogen-bond acceptors (Lipinski definition) is 3. The summed E-state index contributed by atoms with van der Waals surface area (Å²) in [6.07, 6.45) is 4.18. The minimum Gasteiger partial charge on any atom is -0.326 e. The summed E-state index contributed by atoms with van der Waals surface area (Å²) in [5.74, 6) is 0.227. The van der Waals surface area contributed by atoms with Crippen LogP contribution in [0.1, 0.15) is 42.2 Å². The molecule has 0 radical (unpaired) electrons. The largest absolute Gasteiger partial charge is 0.326 e. The number of hydrogen-bond donors (Lipinski definition) is 1. The van der Waals surface area contributed by atoms with Crippen molar-refractivity contribution in [3.63, 3.8) is 0 Å². The molecule has 1 heterocycles. The van der Waals surface area contributed by atoms with E-state index in [2.05, 4.69) is 5.32 Å². The third-order valence-corrected chi connectivity index (χ3v) is 6.70. The number of rotatable bonds is 4. The van der Waals surface area contributed by atoms with E-state index in [4.69, 9.17) is 0 Å². The van der Waals surface area contributed by atoms with Crippen molar-refractivity contribution in [1.82, 2.24) is 0 Å². The summed E-state index contributed by atoms with van der Waals surface area (Å²) in [4.78, 5) is 26.4. The number of thioether (sulfide) groups is 1. The van der Waals surface area contributed by atoms with E-state index in [1.165, 1.54) is 17.8 Å². The van der Waals surface area contributed by atoms with Gasteiger partial charge in [-0.05, 0) is 55.2 Å². The van der Waals surface area contributed by atoms with Gasteiger partial charge in [-0.15, -0.1) is 11.8 Å². The Bertz CT molecular complexity index is 894. The van der Waals surface area contributed by atoms with E-state index in [9.17, 15) is 14.0 Å². The fourth-order valence-electron chi connectivity index (χ4n) is 3.84. The first-order valence-corrected chi connectivity index (χ1v) is 10.7. The van der Waals surface area contributed by atoms with Crippen LogP contribution in [-0.4, -0.2) is 17.6 Å². The number of nitrogens with one attached hydrogen (secondary N) is 1. The second-order valence-electron chi connectivity index (χ2n) is 7.45. The average Bonchev–Trinajstić information content (AvgIpc) is 3.35. The number of nitrogens with zero attached hydrogens (tertiary/aromatic N) is 1. The lowest BCUT2D eigenvalue weighted by molar-refractivity contribution is -0.119. The first-order valence-electron chi connectivity index (χ1n) is 9.63. The third kappa shape index (κ3) is 3.78. The van der Waals surface area contributed by atoms with E-state index in [1.807, 2.05) is 24.3 Å². The van der Waals surface area contributed by atoms with Crippen LogP contribution < -0.4 is 10.2 Å². The quantitative estimate of drug-likeness (QED) is 0.785. The van der Waals surface area contributed by atoms with Gasteiger partial charge < -0.3 is 5.32 Å². The van der Waals surface area contributed by atoms with E-state index in [-0.39, 0.29) is 28.9 Å². The maximum absolute atomic E-state index is 14.0. The summed E-state index contributed by atoms with van der Waals surface area (Å²) in [6.45, 7) is 1.70. The number of carbonyl (C=O) groups excluding carboxylic acids is 2. The third-order valence-electron chi connectivity index (χ3n) is 5.49. The maximum atomic E-state index is 14.0. The maximum Gasteiger partial charge on any atom is 0.238 e. The second-order valence-corrected chi connectivity index (χ2v) is 8.52. The molecule has 1 saturated carbocycles. The lowest BCUT2D eigenvalue weighted by Crippen LogP contribution is -2.28. The topological polar surface area (TPSA) is 49.4 Å². The molecule has 2 fully saturated rings. The van der Waals surface area contributed by atoms with E-state index in [0.29, 0.717) is 17.0 Å². The van der Waals surface area contributed by atoms with Gasteiger partial charge in [0, 0.05) is 17.3 Å². The Labute approximate surface area is 168 Å². The molecule has 0 spiro atoms. The molecular weight excluding hydrogens is 375 g/mol. The van der Waals surface area contributed by atoms with Crippen LogP contribution in [0.5, 0.6) is 0 Å². The normalized spacial score (nSPS) is 20.0. The molecule has 0 bridgehead atoms. The predicted octanol–water partition coefficient (Wildman–Crippen LogP) is 5.04. The van der Waals surface area contributed by atoms with Gasteiger partial charge in [0.25, 0.3) is 0 Å². The number of carbonyl (C=O) groups is 2. The van der Waals surface area contributed by atoms with Crippen molar-refractivity contribution in [2.45, 2.75) is 38.0 Å². The smallest absolute Gasteiger partial charge is 0.238 e. The van der Waals surface area contributed by atoms with Gasteiger partial charge in [0.1, 0.15) is 11.2 Å². The van der Waals surface area contributed by atoms with Crippen LogP contribution in [0.2, 0.25) is 0 Å². The molecule has 146 valence electrons. The molecule has 2 aromatic rings. The number of benzene rings is 2. The summed E-state index contributed by atoms with van der Waals surface area (Å²) in [5, 5.41) is 2.79. The van der Waals surface area contributed by atoms with E-state index < -0.39 is 0 Å². The van der Waals surface area contributed by atoms with Crippen molar-refractivity contribution in [3.05, 3.63) is 59.4 Å². The molecule has 0 aromatic heterocycles. The fourth-order valence-corrected chi connectivity index (χ4v) is 5.02. The van der Waals surface area contributed by atoms with Crippen molar-refractivity contribution in [1.29, 1.82) is 0 Å². The van der Waals surface area contributed by atoms with E-state index in [1.54, 1.807) is 24.0 Å². The van der Waals surface area contributed by atoms with Crippen LogP contribution in [0.3, 0.4) is 0 Å². The Balaban J connectivity index is 1.51. The molecule has 2 aromatic carbocycles. The molecule has 1 N–H and O–H groups in total. The van der Waals surface area contributed by atoms with Gasteiger partial charge >= 0.3 is 0 Å². The minimum absolute atomic E-state index is 0.0307. The Morgan fingerprint density at radius 3 is 2.54 bits per heavy atom. The van der Waals surface area contributed by atoms with Crippen LogP contribution in [0, 0.1) is 18.7 Å². The van der Waals surface area contributed by atoms with Gasteiger partial charge in [0.15, 0.2) is 0 Å². The van der Waals surface area contributed by atoms with Gasteiger partial charge in [0.05, 0.1) is 5.75 Å². The van der Waals surface area contributed by atoms with Gasteiger partial charge in [-0.3, -0.25) is 14.5 Å². The Morgan fingerprint density at radius 2 is 1.86 bits per heavy atom. The standard InChI is InChI=1S/C22H23FN2O2S/c1-14-6-11-18(12-19(14)23)25-20(26)13-28-22(25)16-7-9-17(10-8-16)24-21(27)15-4-2-3-5-15/h6-12,15,22H,2-5,13H2,1H3,(H,24,27). The lowest BCUT2D eigenvalue weighted by Gasteiger charge is -2.25. The molecule has 2 amide bonds. The molecule has 4 rings (SSSR count).